The SMILES string of the molecule is Cc1cc(C)n(-c2nccc(C(=O)O)c2F)n1. The van der Waals surface area contributed by atoms with Crippen molar-refractivity contribution in [1.29, 1.82) is 0 Å². The molecule has 88 valence electrons. The van der Waals surface area contributed by atoms with Crippen molar-refractivity contribution in [2.75, 3.05) is 0 Å². The van der Waals surface area contributed by atoms with Crippen LogP contribution in [0.2, 0.25) is 0 Å². The average Bonchev–Trinajstić information content (AvgIpc) is 2.57. The number of carboxylic acids is 1. The topological polar surface area (TPSA) is 68.0 Å². The summed E-state index contributed by atoms with van der Waals surface area (Å²) >= 11 is 0. The Morgan fingerprint density at radius 2 is 2.18 bits per heavy atom. The number of nitrogens with zero attached hydrogens (tertiary/aromatic N) is 3. The van der Waals surface area contributed by atoms with Crippen LogP contribution in [-0.4, -0.2) is 25.8 Å². The van der Waals surface area contributed by atoms with Crippen LogP contribution in [-0.2, 0) is 0 Å². The first kappa shape index (κ1) is 11.3. The van der Waals surface area contributed by atoms with Gasteiger partial charge in [-0.3, -0.25) is 0 Å². The molecule has 0 saturated carbocycles. The number of aromatic carboxylic acids is 1. The summed E-state index contributed by atoms with van der Waals surface area (Å²) < 4.78 is 15.2. The van der Waals surface area contributed by atoms with Crippen LogP contribution in [0.15, 0.2) is 18.3 Å². The molecule has 0 aliphatic carbocycles. The maximum Gasteiger partial charge on any atom is 0.338 e. The number of hydrogen-bond donors (Lipinski definition) is 1. The summed E-state index contributed by atoms with van der Waals surface area (Å²) in [6.07, 6.45) is 1.25. The van der Waals surface area contributed by atoms with Gasteiger partial charge in [0.2, 0.25) is 0 Å². The Balaban J connectivity index is 2.64. The molecule has 0 saturated heterocycles. The summed E-state index contributed by atoms with van der Waals surface area (Å²) in [4.78, 5) is 14.6. The number of aryl methyl sites for hydroxylation is 2. The fraction of sp³-hybridized carbons (Fsp3) is 0.182. The summed E-state index contributed by atoms with van der Waals surface area (Å²) in [5.41, 5.74) is 0.989. The molecule has 2 aromatic heterocycles. The highest BCUT2D eigenvalue weighted by Gasteiger charge is 2.17. The van der Waals surface area contributed by atoms with Gasteiger partial charge in [-0.2, -0.15) is 5.10 Å². The lowest BCUT2D eigenvalue weighted by Crippen LogP contribution is -2.10. The number of hydrogen-bond acceptors (Lipinski definition) is 3. The molecule has 0 aliphatic rings. The number of pyridine rings is 1. The van der Waals surface area contributed by atoms with Crippen molar-refractivity contribution in [1.82, 2.24) is 14.8 Å². The molecule has 2 rings (SSSR count). The molecular formula is C11H10FN3O2. The molecule has 6 heteroatoms. The first-order valence-electron chi connectivity index (χ1n) is 4.92. The lowest BCUT2D eigenvalue weighted by Gasteiger charge is -2.06. The molecule has 0 atom stereocenters. The zero-order valence-electron chi connectivity index (χ0n) is 9.31. The summed E-state index contributed by atoms with van der Waals surface area (Å²) in [6, 6.07) is 2.88. The van der Waals surface area contributed by atoms with Gasteiger partial charge in [-0.25, -0.2) is 18.9 Å². The van der Waals surface area contributed by atoms with Crippen LogP contribution < -0.4 is 0 Å². The van der Waals surface area contributed by atoms with E-state index in [0.717, 1.165) is 6.07 Å². The maximum absolute atomic E-state index is 13.9. The predicted molar refractivity (Wildman–Crippen MR) is 57.8 cm³/mol. The second-order valence-corrected chi connectivity index (χ2v) is 3.64. The molecule has 17 heavy (non-hydrogen) atoms. The number of carbonyl (C=O) groups is 1. The van der Waals surface area contributed by atoms with Crippen molar-refractivity contribution in [3.63, 3.8) is 0 Å². The van der Waals surface area contributed by atoms with E-state index >= 15 is 0 Å². The molecule has 0 unspecified atom stereocenters. The average molecular weight is 235 g/mol. The molecule has 0 aliphatic heterocycles. The number of rotatable bonds is 2. The van der Waals surface area contributed by atoms with Crippen LogP contribution in [0.25, 0.3) is 5.82 Å². The third-order valence-electron chi connectivity index (χ3n) is 2.31. The Labute approximate surface area is 96.5 Å². The Bertz CT molecular complexity index is 592. The highest BCUT2D eigenvalue weighted by Crippen LogP contribution is 2.16. The van der Waals surface area contributed by atoms with E-state index in [4.69, 9.17) is 5.11 Å². The number of carboxylic acid groups (broad SMARTS) is 1. The van der Waals surface area contributed by atoms with Crippen LogP contribution in [0.1, 0.15) is 21.7 Å². The molecule has 0 spiro atoms. The van der Waals surface area contributed by atoms with E-state index < -0.39 is 17.3 Å². The number of aromatic nitrogens is 3. The molecule has 0 aromatic carbocycles. The van der Waals surface area contributed by atoms with Gasteiger partial charge in [0, 0.05) is 11.9 Å². The Hall–Kier alpha value is -2.24. The van der Waals surface area contributed by atoms with Gasteiger partial charge in [-0.1, -0.05) is 0 Å². The summed E-state index contributed by atoms with van der Waals surface area (Å²) in [5.74, 6) is -2.31. The largest absolute Gasteiger partial charge is 0.478 e. The fourth-order valence-corrected chi connectivity index (χ4v) is 1.59. The van der Waals surface area contributed by atoms with Gasteiger partial charge < -0.3 is 5.11 Å². The minimum Gasteiger partial charge on any atom is -0.478 e. The molecule has 0 amide bonds. The van der Waals surface area contributed by atoms with Crippen molar-refractivity contribution in [2.24, 2.45) is 0 Å². The van der Waals surface area contributed by atoms with Crippen molar-refractivity contribution >= 4 is 5.97 Å². The van der Waals surface area contributed by atoms with E-state index in [2.05, 4.69) is 10.1 Å². The molecule has 1 N–H and O–H groups in total. The van der Waals surface area contributed by atoms with Gasteiger partial charge in [0.05, 0.1) is 5.69 Å². The second kappa shape index (κ2) is 3.97. The van der Waals surface area contributed by atoms with E-state index in [1.54, 1.807) is 19.9 Å². The molecule has 0 fully saturated rings. The van der Waals surface area contributed by atoms with Crippen LogP contribution >= 0.6 is 0 Å². The summed E-state index contributed by atoms with van der Waals surface area (Å²) in [7, 11) is 0. The zero-order valence-corrected chi connectivity index (χ0v) is 9.31. The predicted octanol–water partition coefficient (Wildman–Crippen LogP) is 1.72. The van der Waals surface area contributed by atoms with Crippen LogP contribution in [0.3, 0.4) is 0 Å². The lowest BCUT2D eigenvalue weighted by atomic mass is 10.2. The van der Waals surface area contributed by atoms with E-state index in [-0.39, 0.29) is 5.82 Å². The van der Waals surface area contributed by atoms with Gasteiger partial charge in [0.25, 0.3) is 0 Å². The second-order valence-electron chi connectivity index (χ2n) is 3.64. The van der Waals surface area contributed by atoms with Gasteiger partial charge in [0.1, 0.15) is 5.56 Å². The molecular weight excluding hydrogens is 225 g/mol. The normalized spacial score (nSPS) is 10.5. The van der Waals surface area contributed by atoms with Gasteiger partial charge in [-0.15, -0.1) is 0 Å². The standard InChI is InChI=1S/C11H10FN3O2/c1-6-5-7(2)15(14-6)10-9(12)8(11(16)17)3-4-13-10/h3-5H,1-2H3,(H,16,17). The van der Waals surface area contributed by atoms with Gasteiger partial charge in [-0.05, 0) is 26.0 Å². The van der Waals surface area contributed by atoms with E-state index in [0.29, 0.717) is 11.4 Å². The van der Waals surface area contributed by atoms with E-state index in [9.17, 15) is 9.18 Å². The number of halogens is 1. The summed E-state index contributed by atoms with van der Waals surface area (Å²) in [6.45, 7) is 3.51. The van der Waals surface area contributed by atoms with Gasteiger partial charge in [0.15, 0.2) is 11.6 Å². The smallest absolute Gasteiger partial charge is 0.338 e. The first-order valence-corrected chi connectivity index (χ1v) is 4.92. The van der Waals surface area contributed by atoms with Crippen molar-refractivity contribution in [3.8, 4) is 5.82 Å². The van der Waals surface area contributed by atoms with Crippen LogP contribution in [0.4, 0.5) is 4.39 Å². The molecule has 2 aromatic rings. The van der Waals surface area contributed by atoms with E-state index in [1.165, 1.54) is 10.9 Å². The minimum atomic E-state index is -1.33. The fourth-order valence-electron chi connectivity index (χ4n) is 1.59. The Kier molecular flexibility index (Phi) is 2.63. The first-order chi connectivity index (χ1) is 8.00. The highest BCUT2D eigenvalue weighted by molar-refractivity contribution is 5.88. The molecule has 5 nitrogen and oxygen atoms in total. The Morgan fingerprint density at radius 1 is 1.47 bits per heavy atom. The van der Waals surface area contributed by atoms with Gasteiger partial charge >= 0.3 is 5.97 Å². The zero-order chi connectivity index (χ0) is 12.6. The molecule has 0 bridgehead atoms. The van der Waals surface area contributed by atoms with Crippen molar-refractivity contribution in [2.45, 2.75) is 13.8 Å². The third-order valence-corrected chi connectivity index (χ3v) is 2.31. The van der Waals surface area contributed by atoms with E-state index in [1.807, 2.05) is 0 Å². The van der Waals surface area contributed by atoms with Crippen molar-refractivity contribution < 1.29 is 14.3 Å². The lowest BCUT2D eigenvalue weighted by molar-refractivity contribution is 0.0691. The monoisotopic (exact) mass is 235 g/mol. The highest BCUT2D eigenvalue weighted by atomic mass is 19.1. The maximum atomic E-state index is 13.9. The third kappa shape index (κ3) is 1.89. The minimum absolute atomic E-state index is 0.101. The quantitative estimate of drug-likeness (QED) is 0.860. The summed E-state index contributed by atoms with van der Waals surface area (Å²) in [5, 5.41) is 12.9. The molecule has 0 radical (unpaired) electrons. The Morgan fingerprint density at radius 3 is 2.71 bits per heavy atom. The van der Waals surface area contributed by atoms with Crippen LogP contribution in [0.5, 0.6) is 0 Å². The van der Waals surface area contributed by atoms with Crippen LogP contribution in [0, 0.1) is 19.7 Å². The molecule has 2 heterocycles. The van der Waals surface area contributed by atoms with Crippen molar-refractivity contribution in [3.05, 3.63) is 41.1 Å².